The van der Waals surface area contributed by atoms with E-state index in [0.29, 0.717) is 23.1 Å². The maximum Gasteiger partial charge on any atom is 0.246 e. The second kappa shape index (κ2) is 22.3. The Morgan fingerprint density at radius 3 is 1.65 bits per heavy atom. The highest BCUT2D eigenvalue weighted by Gasteiger charge is 2.01. The lowest BCUT2D eigenvalue weighted by Gasteiger charge is -2.09. The van der Waals surface area contributed by atoms with Gasteiger partial charge in [-0.15, -0.1) is 0 Å². The molecule has 0 aliphatic heterocycles. The van der Waals surface area contributed by atoms with Crippen molar-refractivity contribution in [3.63, 3.8) is 0 Å². The molecular formula is C25H50N6O3. The first-order valence-electron chi connectivity index (χ1n) is 11.4. The predicted molar refractivity (Wildman–Crippen MR) is 143 cm³/mol. The fourth-order valence-corrected chi connectivity index (χ4v) is 2.12. The van der Waals surface area contributed by atoms with Crippen molar-refractivity contribution in [2.45, 2.75) is 39.5 Å². The monoisotopic (exact) mass is 482 g/mol. The summed E-state index contributed by atoms with van der Waals surface area (Å²) in [7, 11) is 12.0. The van der Waals surface area contributed by atoms with Crippen LogP contribution in [0.2, 0.25) is 0 Å². The van der Waals surface area contributed by atoms with Gasteiger partial charge in [0.25, 0.3) is 0 Å². The van der Waals surface area contributed by atoms with Crippen molar-refractivity contribution in [2.75, 3.05) is 68.5 Å². The van der Waals surface area contributed by atoms with E-state index in [1.807, 2.05) is 48.4 Å². The summed E-state index contributed by atoms with van der Waals surface area (Å²) in [5.74, 6) is -0.763. The normalized spacial score (nSPS) is 10.7. The maximum atomic E-state index is 11.0. The van der Waals surface area contributed by atoms with Gasteiger partial charge in [-0.3, -0.25) is 14.4 Å². The van der Waals surface area contributed by atoms with E-state index in [0.717, 1.165) is 45.4 Å². The minimum Gasteiger partial charge on any atom is -0.366 e. The number of amides is 3. The van der Waals surface area contributed by atoms with E-state index in [4.69, 9.17) is 11.5 Å². The first-order chi connectivity index (χ1) is 15.6. The van der Waals surface area contributed by atoms with Crippen LogP contribution >= 0.6 is 0 Å². The summed E-state index contributed by atoms with van der Waals surface area (Å²) in [6.45, 7) is 14.2. The zero-order chi connectivity index (χ0) is 27.3. The third-order valence-electron chi connectivity index (χ3n) is 4.30. The van der Waals surface area contributed by atoms with E-state index in [2.05, 4.69) is 33.2 Å². The Bertz CT molecular complexity index is 655. The second-order valence-electron chi connectivity index (χ2n) is 8.91. The van der Waals surface area contributed by atoms with Crippen LogP contribution in [-0.4, -0.2) is 101 Å². The molecule has 0 aromatic heterocycles. The zero-order valence-corrected chi connectivity index (χ0v) is 22.9. The van der Waals surface area contributed by atoms with Gasteiger partial charge in [0.15, 0.2) is 0 Å². The molecule has 9 heteroatoms. The van der Waals surface area contributed by atoms with E-state index in [1.165, 1.54) is 0 Å². The lowest BCUT2D eigenvalue weighted by molar-refractivity contribution is -0.117. The first-order valence-corrected chi connectivity index (χ1v) is 11.4. The Hall–Kier alpha value is -2.49. The molecule has 5 N–H and O–H groups in total. The van der Waals surface area contributed by atoms with Gasteiger partial charge in [-0.2, -0.15) is 0 Å². The third kappa shape index (κ3) is 29.5. The summed E-state index contributed by atoms with van der Waals surface area (Å²) in [5, 5.41) is 2.77. The van der Waals surface area contributed by atoms with E-state index in [1.54, 1.807) is 13.8 Å². The highest BCUT2D eigenvalue weighted by Crippen LogP contribution is 2.01. The van der Waals surface area contributed by atoms with E-state index >= 15 is 0 Å². The van der Waals surface area contributed by atoms with Gasteiger partial charge in [0.2, 0.25) is 17.7 Å². The average molecular weight is 483 g/mol. The molecule has 0 aliphatic carbocycles. The molecule has 0 rings (SSSR count). The van der Waals surface area contributed by atoms with Gasteiger partial charge in [-0.1, -0.05) is 19.2 Å². The molecule has 0 aliphatic rings. The maximum absolute atomic E-state index is 11.0. The summed E-state index contributed by atoms with van der Waals surface area (Å²) >= 11 is 0. The molecule has 34 heavy (non-hydrogen) atoms. The Kier molecular flexibility index (Phi) is 23.7. The van der Waals surface area contributed by atoms with Crippen LogP contribution in [0, 0.1) is 0 Å². The van der Waals surface area contributed by atoms with Gasteiger partial charge in [0.1, 0.15) is 0 Å². The topological polar surface area (TPSA) is 125 Å². The number of primary amides is 2. The molecule has 0 bridgehead atoms. The van der Waals surface area contributed by atoms with Gasteiger partial charge in [0, 0.05) is 29.8 Å². The van der Waals surface area contributed by atoms with Gasteiger partial charge in [0.05, 0.1) is 0 Å². The molecule has 0 spiro atoms. The van der Waals surface area contributed by atoms with E-state index < -0.39 is 0 Å². The standard InChI is InChI=1S/C9H18N2O.2C8H16N2O/c1-8(2)9(12)10-6-5-7-11(3)4;2*1-7(8(9)11)5-4-6-10(2)3/h1,5-7H2,2-4H3,(H,10,12);5H,4,6H2,1-3H3,(H2,9,11);1,4-6H2,2-3H3,(H2,9,11). The number of hydrogen-bond donors (Lipinski definition) is 3. The zero-order valence-electron chi connectivity index (χ0n) is 22.9. The number of nitrogens with zero attached hydrogens (tertiary/aromatic N) is 3. The SMILES string of the molecule is C=C(C)C(=O)NCCCN(C)C.C=C(CCCN(C)C)C(N)=O.CC(=CCCN(C)C)C(N)=O. The van der Waals surface area contributed by atoms with Gasteiger partial charge in [-0.25, -0.2) is 0 Å². The Labute approximate surface area is 207 Å². The van der Waals surface area contributed by atoms with Crippen molar-refractivity contribution < 1.29 is 14.4 Å². The molecule has 0 fully saturated rings. The van der Waals surface area contributed by atoms with E-state index in [9.17, 15) is 14.4 Å². The summed E-state index contributed by atoms with van der Waals surface area (Å²) < 4.78 is 0. The molecule has 198 valence electrons. The van der Waals surface area contributed by atoms with Crippen molar-refractivity contribution in [1.82, 2.24) is 20.0 Å². The van der Waals surface area contributed by atoms with Crippen LogP contribution in [0.4, 0.5) is 0 Å². The first kappa shape index (κ1) is 36.1. The molecule has 0 unspecified atom stereocenters. The molecule has 0 aromatic carbocycles. The number of rotatable bonds is 14. The van der Waals surface area contributed by atoms with Crippen LogP contribution in [0.25, 0.3) is 0 Å². The van der Waals surface area contributed by atoms with E-state index in [-0.39, 0.29) is 17.7 Å². The number of carbonyl (C=O) groups is 3. The fourth-order valence-electron chi connectivity index (χ4n) is 2.12. The number of nitrogens with two attached hydrogens (primary N) is 2. The van der Waals surface area contributed by atoms with Crippen molar-refractivity contribution in [3.05, 3.63) is 36.0 Å². The minimum atomic E-state index is -0.385. The molecule has 0 aromatic rings. The Morgan fingerprint density at radius 2 is 1.26 bits per heavy atom. The molecule has 0 saturated heterocycles. The summed E-state index contributed by atoms with van der Waals surface area (Å²) in [4.78, 5) is 38.2. The van der Waals surface area contributed by atoms with Gasteiger partial charge in [-0.05, 0) is 94.9 Å². The summed E-state index contributed by atoms with van der Waals surface area (Å²) in [6, 6.07) is 0. The second-order valence-corrected chi connectivity index (χ2v) is 8.91. The van der Waals surface area contributed by atoms with Crippen LogP contribution in [0.3, 0.4) is 0 Å². The molecule has 0 heterocycles. The van der Waals surface area contributed by atoms with Crippen molar-refractivity contribution >= 4 is 17.7 Å². The smallest absolute Gasteiger partial charge is 0.246 e. The predicted octanol–water partition coefficient (Wildman–Crippen LogP) is 1.37. The Balaban J connectivity index is -0.000000425. The molecular weight excluding hydrogens is 432 g/mol. The molecule has 0 atom stereocenters. The molecule has 3 amide bonds. The summed E-state index contributed by atoms with van der Waals surface area (Å²) in [6.07, 6.45) is 5.36. The molecule has 0 saturated carbocycles. The van der Waals surface area contributed by atoms with Crippen molar-refractivity contribution in [1.29, 1.82) is 0 Å². The Morgan fingerprint density at radius 1 is 0.794 bits per heavy atom. The van der Waals surface area contributed by atoms with Gasteiger partial charge < -0.3 is 31.5 Å². The minimum absolute atomic E-state index is 0.0474. The fraction of sp³-hybridized carbons (Fsp3) is 0.640. The average Bonchev–Trinajstić information content (AvgIpc) is 2.70. The highest BCUT2D eigenvalue weighted by atomic mass is 16.2. The summed E-state index contributed by atoms with van der Waals surface area (Å²) in [5.41, 5.74) is 11.8. The number of hydrogen-bond acceptors (Lipinski definition) is 6. The van der Waals surface area contributed by atoms with Crippen LogP contribution in [0.1, 0.15) is 39.5 Å². The van der Waals surface area contributed by atoms with Crippen molar-refractivity contribution in [3.8, 4) is 0 Å². The number of nitrogens with one attached hydrogen (secondary N) is 1. The van der Waals surface area contributed by atoms with Crippen molar-refractivity contribution in [2.24, 2.45) is 11.5 Å². The van der Waals surface area contributed by atoms with Gasteiger partial charge >= 0.3 is 0 Å². The molecule has 0 radical (unpaired) electrons. The molecule has 9 nitrogen and oxygen atoms in total. The van der Waals surface area contributed by atoms with Crippen LogP contribution in [0.15, 0.2) is 36.0 Å². The number of carbonyl (C=O) groups excluding carboxylic acids is 3. The third-order valence-corrected chi connectivity index (χ3v) is 4.30. The lowest BCUT2D eigenvalue weighted by Crippen LogP contribution is -2.27. The lowest BCUT2D eigenvalue weighted by atomic mass is 10.1. The quantitative estimate of drug-likeness (QED) is 0.254. The van der Waals surface area contributed by atoms with Crippen LogP contribution < -0.4 is 16.8 Å². The largest absolute Gasteiger partial charge is 0.366 e. The highest BCUT2D eigenvalue weighted by molar-refractivity contribution is 5.92. The van der Waals surface area contributed by atoms with Crippen LogP contribution in [-0.2, 0) is 14.4 Å². The van der Waals surface area contributed by atoms with Crippen LogP contribution in [0.5, 0.6) is 0 Å².